The first-order valence-corrected chi connectivity index (χ1v) is 7.96. The van der Waals surface area contributed by atoms with Crippen molar-refractivity contribution >= 4 is 17.8 Å². The van der Waals surface area contributed by atoms with Crippen LogP contribution in [0.1, 0.15) is 10.4 Å². The topological polar surface area (TPSA) is 75.6 Å². The molecular weight excluding hydrogens is 346 g/mol. The molecule has 0 aliphatic carbocycles. The first kappa shape index (κ1) is 17.7. The van der Waals surface area contributed by atoms with E-state index in [0.29, 0.717) is 32.1 Å². The minimum atomic E-state index is -1.15. The third kappa shape index (κ3) is 4.11. The monoisotopic (exact) mass is 362 g/mol. The van der Waals surface area contributed by atoms with Gasteiger partial charge in [0.2, 0.25) is 5.95 Å². The van der Waals surface area contributed by atoms with Crippen LogP contribution in [-0.2, 0) is 9.53 Å². The summed E-state index contributed by atoms with van der Waals surface area (Å²) >= 11 is 0. The Morgan fingerprint density at radius 2 is 1.73 bits per heavy atom. The van der Waals surface area contributed by atoms with Gasteiger partial charge in [-0.1, -0.05) is 0 Å². The lowest BCUT2D eigenvalue weighted by Crippen LogP contribution is -2.50. The Morgan fingerprint density at radius 3 is 2.38 bits per heavy atom. The number of esters is 1. The molecule has 0 spiro atoms. The molecule has 2 heterocycles. The fourth-order valence-electron chi connectivity index (χ4n) is 2.54. The average molecular weight is 362 g/mol. The van der Waals surface area contributed by atoms with Crippen molar-refractivity contribution in [3.05, 3.63) is 53.9 Å². The maximum Gasteiger partial charge on any atom is 0.338 e. The van der Waals surface area contributed by atoms with E-state index in [2.05, 4.69) is 9.97 Å². The molecule has 1 aromatic carbocycles. The maximum atomic E-state index is 13.1. The number of anilines is 1. The van der Waals surface area contributed by atoms with Gasteiger partial charge >= 0.3 is 5.97 Å². The molecule has 26 heavy (non-hydrogen) atoms. The number of carbonyl (C=O) groups is 2. The minimum Gasteiger partial charge on any atom is -0.452 e. The molecule has 9 heteroatoms. The van der Waals surface area contributed by atoms with Crippen molar-refractivity contribution < 1.29 is 23.1 Å². The van der Waals surface area contributed by atoms with Gasteiger partial charge in [-0.25, -0.2) is 23.5 Å². The molecule has 0 N–H and O–H groups in total. The predicted molar refractivity (Wildman–Crippen MR) is 87.5 cm³/mol. The standard InChI is InChI=1S/C17H16F2N4O3/c18-13-3-2-12(10-14(13)19)16(25)26-11-15(24)22-6-8-23(9-7-22)17-20-4-1-5-21-17/h1-5,10H,6-9,11H2. The molecule has 0 saturated carbocycles. The number of carbonyl (C=O) groups excluding carboxylic acids is 2. The largest absolute Gasteiger partial charge is 0.452 e. The van der Waals surface area contributed by atoms with Crippen molar-refractivity contribution in [3.63, 3.8) is 0 Å². The zero-order chi connectivity index (χ0) is 18.5. The van der Waals surface area contributed by atoms with E-state index < -0.39 is 24.2 Å². The highest BCUT2D eigenvalue weighted by atomic mass is 19.2. The van der Waals surface area contributed by atoms with E-state index in [1.165, 1.54) is 0 Å². The van der Waals surface area contributed by atoms with Gasteiger partial charge in [0.15, 0.2) is 18.2 Å². The first-order valence-electron chi connectivity index (χ1n) is 7.96. The molecule has 0 bridgehead atoms. The summed E-state index contributed by atoms with van der Waals surface area (Å²) in [7, 11) is 0. The Balaban J connectivity index is 1.48. The van der Waals surface area contributed by atoms with Gasteiger partial charge in [-0.15, -0.1) is 0 Å². The van der Waals surface area contributed by atoms with E-state index >= 15 is 0 Å². The van der Waals surface area contributed by atoms with Gasteiger partial charge in [-0.2, -0.15) is 0 Å². The SMILES string of the molecule is O=C(OCC(=O)N1CCN(c2ncccn2)CC1)c1ccc(F)c(F)c1. The number of aromatic nitrogens is 2. The number of amides is 1. The number of halogens is 2. The van der Waals surface area contributed by atoms with Crippen LogP contribution in [0.15, 0.2) is 36.7 Å². The normalized spacial score (nSPS) is 14.2. The molecule has 0 radical (unpaired) electrons. The van der Waals surface area contributed by atoms with Gasteiger partial charge in [-0.05, 0) is 24.3 Å². The fraction of sp³-hybridized carbons (Fsp3) is 0.294. The number of hydrogen-bond acceptors (Lipinski definition) is 6. The zero-order valence-electron chi connectivity index (χ0n) is 13.8. The van der Waals surface area contributed by atoms with Gasteiger partial charge in [-0.3, -0.25) is 4.79 Å². The Kier molecular flexibility index (Phi) is 5.35. The predicted octanol–water partition coefficient (Wildman–Crippen LogP) is 1.26. The zero-order valence-corrected chi connectivity index (χ0v) is 13.8. The Hall–Kier alpha value is -3.10. The maximum absolute atomic E-state index is 13.1. The number of piperazine rings is 1. The molecule has 136 valence electrons. The second kappa shape index (κ2) is 7.85. The Labute approximate surface area is 148 Å². The number of benzene rings is 1. The molecule has 2 aromatic rings. The molecule has 1 aliphatic heterocycles. The summed E-state index contributed by atoms with van der Waals surface area (Å²) in [5, 5.41) is 0. The van der Waals surface area contributed by atoms with Crippen LogP contribution in [0.25, 0.3) is 0 Å². The molecule has 1 fully saturated rings. The van der Waals surface area contributed by atoms with Gasteiger partial charge in [0.25, 0.3) is 5.91 Å². The lowest BCUT2D eigenvalue weighted by Gasteiger charge is -2.34. The minimum absolute atomic E-state index is 0.150. The van der Waals surface area contributed by atoms with Crippen LogP contribution in [-0.4, -0.2) is 59.5 Å². The summed E-state index contributed by atoms with van der Waals surface area (Å²) in [4.78, 5) is 35.8. The molecule has 3 rings (SSSR count). The molecule has 1 amide bonds. The van der Waals surface area contributed by atoms with Crippen LogP contribution in [0.3, 0.4) is 0 Å². The molecule has 1 aliphatic rings. The van der Waals surface area contributed by atoms with Gasteiger partial charge in [0, 0.05) is 38.6 Å². The van der Waals surface area contributed by atoms with Gasteiger partial charge in [0.05, 0.1) is 5.56 Å². The summed E-state index contributed by atoms with van der Waals surface area (Å²) < 4.78 is 30.9. The fourth-order valence-corrected chi connectivity index (χ4v) is 2.54. The van der Waals surface area contributed by atoms with E-state index in [0.717, 1.165) is 18.2 Å². The quantitative estimate of drug-likeness (QED) is 0.763. The molecule has 0 unspecified atom stereocenters. The van der Waals surface area contributed by atoms with Gasteiger partial charge in [0.1, 0.15) is 0 Å². The van der Waals surface area contributed by atoms with Crippen LogP contribution in [0.5, 0.6) is 0 Å². The van der Waals surface area contributed by atoms with Crippen molar-refractivity contribution in [1.82, 2.24) is 14.9 Å². The Bertz CT molecular complexity index is 796. The van der Waals surface area contributed by atoms with E-state index in [4.69, 9.17) is 4.74 Å². The van der Waals surface area contributed by atoms with Crippen LogP contribution in [0, 0.1) is 11.6 Å². The summed E-state index contributed by atoms with van der Waals surface area (Å²) in [6, 6.07) is 4.40. The highest BCUT2D eigenvalue weighted by molar-refractivity contribution is 5.91. The smallest absolute Gasteiger partial charge is 0.338 e. The van der Waals surface area contributed by atoms with Crippen molar-refractivity contribution in [2.24, 2.45) is 0 Å². The third-order valence-corrected chi connectivity index (χ3v) is 3.95. The van der Waals surface area contributed by atoms with Crippen LogP contribution in [0.4, 0.5) is 14.7 Å². The Morgan fingerprint density at radius 1 is 1.04 bits per heavy atom. The van der Waals surface area contributed by atoms with Crippen LogP contribution >= 0.6 is 0 Å². The number of ether oxygens (including phenoxy) is 1. The number of nitrogens with zero attached hydrogens (tertiary/aromatic N) is 4. The van der Waals surface area contributed by atoms with Crippen molar-refractivity contribution in [3.8, 4) is 0 Å². The second-order valence-electron chi connectivity index (χ2n) is 5.62. The summed E-state index contributed by atoms with van der Waals surface area (Å²) in [5.41, 5.74) is -0.150. The van der Waals surface area contributed by atoms with Crippen molar-refractivity contribution in [2.45, 2.75) is 0 Å². The number of hydrogen-bond donors (Lipinski definition) is 0. The molecule has 7 nitrogen and oxygen atoms in total. The first-order chi connectivity index (χ1) is 12.5. The molecule has 1 aromatic heterocycles. The van der Waals surface area contributed by atoms with E-state index in [-0.39, 0.29) is 11.5 Å². The highest BCUT2D eigenvalue weighted by Crippen LogP contribution is 2.11. The summed E-state index contributed by atoms with van der Waals surface area (Å²) in [6.07, 6.45) is 3.30. The summed E-state index contributed by atoms with van der Waals surface area (Å²) in [6.45, 7) is 1.55. The van der Waals surface area contributed by atoms with Crippen LogP contribution < -0.4 is 4.90 Å². The van der Waals surface area contributed by atoms with E-state index in [9.17, 15) is 18.4 Å². The third-order valence-electron chi connectivity index (χ3n) is 3.95. The lowest BCUT2D eigenvalue weighted by atomic mass is 10.2. The van der Waals surface area contributed by atoms with Crippen molar-refractivity contribution in [2.75, 3.05) is 37.7 Å². The van der Waals surface area contributed by atoms with E-state index in [1.807, 2.05) is 4.90 Å². The van der Waals surface area contributed by atoms with Crippen molar-refractivity contribution in [1.29, 1.82) is 0 Å². The van der Waals surface area contributed by atoms with E-state index in [1.54, 1.807) is 23.4 Å². The second-order valence-corrected chi connectivity index (χ2v) is 5.62. The highest BCUT2D eigenvalue weighted by Gasteiger charge is 2.23. The van der Waals surface area contributed by atoms with Crippen LogP contribution in [0.2, 0.25) is 0 Å². The van der Waals surface area contributed by atoms with Gasteiger partial charge < -0.3 is 14.5 Å². The lowest BCUT2D eigenvalue weighted by molar-refractivity contribution is -0.134. The molecular formula is C17H16F2N4O3. The average Bonchev–Trinajstić information content (AvgIpc) is 2.68. The summed E-state index contributed by atoms with van der Waals surface area (Å²) in [5.74, 6) is -2.84. The molecule has 1 saturated heterocycles. The molecule has 0 atom stereocenters. The number of rotatable bonds is 4.